The Hall–Kier alpha value is -3.80. The van der Waals surface area contributed by atoms with Crippen LogP contribution in [0.4, 0.5) is 4.39 Å². The molecule has 2 unspecified atom stereocenters. The van der Waals surface area contributed by atoms with Gasteiger partial charge in [0.2, 0.25) is 5.91 Å². The number of carbonyl (C=O) groups is 5. The molecule has 0 heterocycles. The number of hydrogen-bond acceptors (Lipinski definition) is 9. The summed E-state index contributed by atoms with van der Waals surface area (Å²) in [6, 6.07) is 6.25. The molecule has 0 aromatic heterocycles. The van der Waals surface area contributed by atoms with Crippen LogP contribution in [0.1, 0.15) is 27.9 Å². The van der Waals surface area contributed by atoms with Crippen LogP contribution in [0.15, 0.2) is 30.3 Å². The van der Waals surface area contributed by atoms with E-state index in [1.807, 2.05) is 19.0 Å². The van der Waals surface area contributed by atoms with Gasteiger partial charge in [-0.25, -0.2) is 4.39 Å². The molecule has 3 aliphatic rings. The molecule has 1 amide bonds. The highest BCUT2D eigenvalue weighted by molar-refractivity contribution is 6.32. The highest BCUT2D eigenvalue weighted by Crippen LogP contribution is 2.51. The molecule has 4 N–H and O–H groups in total. The molecule has 2 fully saturated rings. The lowest BCUT2D eigenvalue weighted by atomic mass is 9.52. The number of phenols is 1. The van der Waals surface area contributed by atoms with E-state index in [-0.39, 0.29) is 24.0 Å². The molecule has 0 radical (unpaired) electrons. The largest absolute Gasteiger partial charge is 0.507 e. The minimum absolute atomic E-state index is 0.0485. The van der Waals surface area contributed by atoms with Gasteiger partial charge in [0, 0.05) is 18.0 Å². The number of aromatic hydroxyl groups is 1. The topological polar surface area (TPSA) is 158 Å². The van der Waals surface area contributed by atoms with Gasteiger partial charge in [0.05, 0.1) is 17.5 Å². The number of ketones is 4. The Morgan fingerprint density at radius 2 is 1.73 bits per heavy atom. The molecule has 0 spiro atoms. The smallest absolute Gasteiger partial charge is 0.235 e. The predicted octanol–water partition coefficient (Wildman–Crippen LogP) is 0.735. The van der Waals surface area contributed by atoms with Gasteiger partial charge in [-0.05, 0) is 81.8 Å². The molecule has 2 aromatic carbocycles. The summed E-state index contributed by atoms with van der Waals surface area (Å²) in [6.07, 6.45) is -0.0327. The van der Waals surface area contributed by atoms with E-state index in [0.717, 1.165) is 5.56 Å². The third-order valence-electron chi connectivity index (χ3n) is 8.76. The predicted molar refractivity (Wildman–Crippen MR) is 144 cm³/mol. The zero-order chi connectivity index (χ0) is 30.1. The van der Waals surface area contributed by atoms with Crippen molar-refractivity contribution >= 4 is 29.0 Å². The highest BCUT2D eigenvalue weighted by Gasteiger charge is 2.69. The Kier molecular flexibility index (Phi) is 6.96. The van der Waals surface area contributed by atoms with Crippen LogP contribution in [-0.4, -0.2) is 88.9 Å². The van der Waals surface area contributed by atoms with E-state index in [2.05, 4.69) is 0 Å². The first kappa shape index (κ1) is 28.7. The quantitative estimate of drug-likeness (QED) is 0.445. The van der Waals surface area contributed by atoms with Crippen LogP contribution in [0, 0.1) is 29.5 Å². The summed E-state index contributed by atoms with van der Waals surface area (Å²) in [6.45, 7) is 0.534. The minimum Gasteiger partial charge on any atom is -0.507 e. The van der Waals surface area contributed by atoms with Gasteiger partial charge in [-0.1, -0.05) is 12.1 Å². The standard InChI is InChI=1S/C30H32FN3O7/c1-33(2)12-13-5-7-19(31)16(9-13)15-6-8-20(35)22-17(15)10-14-11-18-24(34(3)4)26(37)23(29(32)40)28(39)30(18,41)27(38)21(14)25(22)36/h5-9,14,18,21,23-24,35,41H,10-12H2,1-4H3,(H2,32,40)/t14-,18-,21?,23?,24-,30-/m0/s1. The highest BCUT2D eigenvalue weighted by atomic mass is 19.1. The maximum absolute atomic E-state index is 15.2. The Morgan fingerprint density at radius 1 is 1.05 bits per heavy atom. The number of amides is 1. The molecule has 11 heteroatoms. The lowest BCUT2D eigenvalue weighted by Gasteiger charge is -2.52. The van der Waals surface area contributed by atoms with Crippen molar-refractivity contribution < 1.29 is 38.6 Å². The third kappa shape index (κ3) is 4.22. The summed E-state index contributed by atoms with van der Waals surface area (Å²) in [7, 11) is 6.79. The number of hydrogen-bond donors (Lipinski definition) is 3. The molecule has 2 saturated carbocycles. The zero-order valence-corrected chi connectivity index (χ0v) is 23.2. The summed E-state index contributed by atoms with van der Waals surface area (Å²) in [5.74, 6) is -11.8. The fraction of sp³-hybridized carbons (Fsp3) is 0.433. The Balaban J connectivity index is 1.65. The van der Waals surface area contributed by atoms with Gasteiger partial charge in [-0.3, -0.25) is 28.9 Å². The molecule has 0 saturated heterocycles. The molecule has 41 heavy (non-hydrogen) atoms. The molecule has 3 aliphatic carbocycles. The molecular formula is C30H32FN3O7. The maximum Gasteiger partial charge on any atom is 0.235 e. The molecule has 0 bridgehead atoms. The van der Waals surface area contributed by atoms with Crippen LogP contribution in [0.3, 0.4) is 0 Å². The van der Waals surface area contributed by atoms with E-state index in [4.69, 9.17) is 5.73 Å². The molecule has 216 valence electrons. The van der Waals surface area contributed by atoms with Crippen molar-refractivity contribution in [1.29, 1.82) is 0 Å². The number of nitrogens with zero attached hydrogens (tertiary/aromatic N) is 2. The number of Topliss-reactive ketones (excluding diaryl/α,β-unsaturated/α-hetero) is 4. The molecule has 5 rings (SSSR count). The number of aliphatic hydroxyl groups is 1. The van der Waals surface area contributed by atoms with Gasteiger partial charge in [-0.15, -0.1) is 0 Å². The first-order valence-corrected chi connectivity index (χ1v) is 13.3. The first-order chi connectivity index (χ1) is 19.2. The van der Waals surface area contributed by atoms with Crippen LogP contribution in [-0.2, 0) is 32.1 Å². The van der Waals surface area contributed by atoms with Gasteiger partial charge >= 0.3 is 0 Å². The number of likely N-dealkylation sites (N-methyl/N-ethyl adjacent to an activating group) is 1. The zero-order valence-electron chi connectivity index (χ0n) is 23.2. The SMILES string of the molecule is CN(C)Cc1ccc(F)c(-c2ccc(O)c3c2C[C@H]2C[C@H]4[C@H](N(C)C)C(=O)C(C(N)=O)C(=O)[C@@]4(O)C(=O)C2C3=O)c1. The van der Waals surface area contributed by atoms with Crippen LogP contribution < -0.4 is 5.73 Å². The second-order valence-corrected chi connectivity index (χ2v) is 11.8. The number of fused-ring (bicyclic) bond motifs is 3. The molecule has 0 aliphatic heterocycles. The molecule has 6 atom stereocenters. The van der Waals surface area contributed by atoms with Crippen molar-refractivity contribution in [3.05, 3.63) is 52.8 Å². The molecule has 2 aromatic rings. The second-order valence-electron chi connectivity index (χ2n) is 11.8. The lowest BCUT2D eigenvalue weighted by molar-refractivity contribution is -0.181. The Bertz CT molecular complexity index is 1520. The van der Waals surface area contributed by atoms with E-state index in [1.165, 1.54) is 37.2 Å². The lowest BCUT2D eigenvalue weighted by Crippen LogP contribution is -2.74. The van der Waals surface area contributed by atoms with Crippen molar-refractivity contribution in [2.45, 2.75) is 31.0 Å². The Labute approximate surface area is 235 Å². The van der Waals surface area contributed by atoms with Crippen LogP contribution in [0.25, 0.3) is 11.1 Å². The number of rotatable bonds is 5. The van der Waals surface area contributed by atoms with Crippen molar-refractivity contribution in [2.75, 3.05) is 28.2 Å². The minimum atomic E-state index is -2.79. The average molecular weight is 566 g/mol. The number of halogens is 1. The molecular weight excluding hydrogens is 533 g/mol. The molecule has 10 nitrogen and oxygen atoms in total. The van der Waals surface area contributed by atoms with Gasteiger partial charge in [-0.2, -0.15) is 0 Å². The van der Waals surface area contributed by atoms with E-state index in [9.17, 15) is 34.2 Å². The van der Waals surface area contributed by atoms with E-state index in [0.29, 0.717) is 17.7 Å². The van der Waals surface area contributed by atoms with E-state index < -0.39 is 75.9 Å². The van der Waals surface area contributed by atoms with E-state index in [1.54, 1.807) is 12.1 Å². The maximum atomic E-state index is 15.2. The summed E-state index contributed by atoms with van der Waals surface area (Å²) < 4.78 is 15.2. The summed E-state index contributed by atoms with van der Waals surface area (Å²) in [5, 5.41) is 22.4. The van der Waals surface area contributed by atoms with Crippen molar-refractivity contribution in [3.63, 3.8) is 0 Å². The number of carbonyl (C=O) groups excluding carboxylic acids is 5. The number of benzene rings is 2. The van der Waals surface area contributed by atoms with Crippen molar-refractivity contribution in [3.8, 4) is 16.9 Å². The second kappa shape index (κ2) is 9.93. The fourth-order valence-corrected chi connectivity index (χ4v) is 7.10. The van der Waals surface area contributed by atoms with Crippen LogP contribution in [0.2, 0.25) is 0 Å². The van der Waals surface area contributed by atoms with E-state index >= 15 is 4.39 Å². The normalized spacial score (nSPS) is 29.4. The number of nitrogens with two attached hydrogens (primary N) is 1. The number of primary amides is 1. The third-order valence-corrected chi connectivity index (χ3v) is 8.76. The van der Waals surface area contributed by atoms with Gasteiger partial charge in [0.25, 0.3) is 0 Å². The fourth-order valence-electron chi connectivity index (χ4n) is 7.10. The van der Waals surface area contributed by atoms with Crippen molar-refractivity contribution in [2.24, 2.45) is 29.4 Å². The van der Waals surface area contributed by atoms with Crippen molar-refractivity contribution in [1.82, 2.24) is 9.80 Å². The van der Waals surface area contributed by atoms with Gasteiger partial charge in [0.1, 0.15) is 11.6 Å². The van der Waals surface area contributed by atoms with Crippen LogP contribution in [0.5, 0.6) is 5.75 Å². The summed E-state index contributed by atoms with van der Waals surface area (Å²) in [5.41, 5.74) is 4.15. The van der Waals surface area contributed by atoms with Gasteiger partial charge in [0.15, 0.2) is 34.7 Å². The Morgan fingerprint density at radius 3 is 2.34 bits per heavy atom. The average Bonchev–Trinajstić information content (AvgIpc) is 2.87. The monoisotopic (exact) mass is 565 g/mol. The van der Waals surface area contributed by atoms with Crippen LogP contribution >= 0.6 is 0 Å². The summed E-state index contributed by atoms with van der Waals surface area (Å²) >= 11 is 0. The first-order valence-electron chi connectivity index (χ1n) is 13.3. The number of phenolic OH excluding ortho intramolecular Hbond substituents is 1. The summed E-state index contributed by atoms with van der Waals surface area (Å²) in [4.78, 5) is 69.9. The van der Waals surface area contributed by atoms with Gasteiger partial charge < -0.3 is 20.8 Å².